The number of amides is 1. The fraction of sp³-hybridized carbons (Fsp3) is 0.267. The number of thiophene rings is 1. The van der Waals surface area contributed by atoms with Crippen molar-refractivity contribution >= 4 is 17.2 Å². The number of hydrogen-bond donors (Lipinski definition) is 1. The third-order valence-electron chi connectivity index (χ3n) is 2.83. The van der Waals surface area contributed by atoms with Crippen molar-refractivity contribution in [2.45, 2.75) is 19.9 Å². The van der Waals surface area contributed by atoms with E-state index in [1.807, 2.05) is 42.6 Å². The number of ether oxygens (including phenoxy) is 1. The number of aryl methyl sites for hydroxylation is 1. The summed E-state index contributed by atoms with van der Waals surface area (Å²) in [4.78, 5) is 12.9. The number of methoxy groups -OCH3 is 1. The summed E-state index contributed by atoms with van der Waals surface area (Å²) in [5.74, 6) is 0.841. The molecule has 0 aliphatic heterocycles. The average molecular weight is 275 g/mol. The number of benzene rings is 1. The van der Waals surface area contributed by atoms with Gasteiger partial charge >= 0.3 is 0 Å². The Morgan fingerprint density at radius 3 is 2.89 bits per heavy atom. The van der Waals surface area contributed by atoms with Crippen LogP contribution < -0.4 is 10.1 Å². The van der Waals surface area contributed by atoms with Crippen LogP contribution in [0.2, 0.25) is 0 Å². The molecule has 0 unspecified atom stereocenters. The molecule has 0 aliphatic rings. The molecule has 1 aromatic carbocycles. The summed E-state index contributed by atoms with van der Waals surface area (Å²) in [5, 5.41) is 4.91. The quantitative estimate of drug-likeness (QED) is 0.911. The van der Waals surface area contributed by atoms with E-state index in [2.05, 4.69) is 5.32 Å². The van der Waals surface area contributed by atoms with Gasteiger partial charge in [-0.05, 0) is 24.4 Å². The van der Waals surface area contributed by atoms with Crippen LogP contribution in [0.3, 0.4) is 0 Å². The van der Waals surface area contributed by atoms with E-state index in [1.165, 1.54) is 0 Å². The van der Waals surface area contributed by atoms with Crippen LogP contribution in [0.1, 0.15) is 16.0 Å². The first kappa shape index (κ1) is 13.6. The number of carbonyl (C=O) groups is 1. The van der Waals surface area contributed by atoms with Gasteiger partial charge in [-0.2, -0.15) is 0 Å². The zero-order valence-electron chi connectivity index (χ0n) is 11.1. The van der Waals surface area contributed by atoms with Gasteiger partial charge < -0.3 is 10.1 Å². The molecule has 0 radical (unpaired) electrons. The second-order valence-electron chi connectivity index (χ2n) is 4.35. The molecule has 1 N–H and O–H groups in total. The highest BCUT2D eigenvalue weighted by atomic mass is 32.1. The van der Waals surface area contributed by atoms with Crippen molar-refractivity contribution < 1.29 is 9.53 Å². The van der Waals surface area contributed by atoms with E-state index in [0.29, 0.717) is 13.0 Å². The van der Waals surface area contributed by atoms with Gasteiger partial charge in [0.2, 0.25) is 5.91 Å². The molecule has 19 heavy (non-hydrogen) atoms. The summed E-state index contributed by atoms with van der Waals surface area (Å²) >= 11 is 1.60. The molecule has 0 bridgehead atoms. The molecular formula is C15H17NO2S. The third-order valence-corrected chi connectivity index (χ3v) is 3.70. The maximum Gasteiger partial charge on any atom is 0.225 e. The van der Waals surface area contributed by atoms with Crippen LogP contribution in [0.4, 0.5) is 0 Å². The summed E-state index contributed by atoms with van der Waals surface area (Å²) in [6, 6.07) is 9.88. The van der Waals surface area contributed by atoms with E-state index >= 15 is 0 Å². The minimum atomic E-state index is 0.0333. The molecule has 3 nitrogen and oxygen atoms in total. The number of carbonyl (C=O) groups excluding carboxylic acids is 1. The zero-order valence-corrected chi connectivity index (χ0v) is 11.9. The lowest BCUT2D eigenvalue weighted by Gasteiger charge is -2.10. The van der Waals surface area contributed by atoms with Crippen molar-refractivity contribution in [3.63, 3.8) is 0 Å². The third kappa shape index (κ3) is 3.83. The van der Waals surface area contributed by atoms with E-state index in [0.717, 1.165) is 21.8 Å². The highest BCUT2D eigenvalue weighted by Crippen LogP contribution is 2.19. The SMILES string of the molecule is COc1ccc(C)cc1CNC(=O)Cc1cccs1. The van der Waals surface area contributed by atoms with Crippen molar-refractivity contribution in [1.82, 2.24) is 5.32 Å². The molecule has 1 aromatic heterocycles. The highest BCUT2D eigenvalue weighted by Gasteiger charge is 2.07. The van der Waals surface area contributed by atoms with Crippen molar-refractivity contribution in [3.05, 3.63) is 51.7 Å². The Morgan fingerprint density at radius 2 is 2.21 bits per heavy atom. The molecule has 2 aromatic rings. The first-order valence-corrected chi connectivity index (χ1v) is 6.99. The normalized spacial score (nSPS) is 10.2. The molecular weight excluding hydrogens is 258 g/mol. The summed E-state index contributed by atoms with van der Waals surface area (Å²) in [6.45, 7) is 2.52. The summed E-state index contributed by atoms with van der Waals surface area (Å²) in [5.41, 5.74) is 2.16. The summed E-state index contributed by atoms with van der Waals surface area (Å²) in [7, 11) is 1.64. The van der Waals surface area contributed by atoms with Gasteiger partial charge in [-0.1, -0.05) is 23.8 Å². The lowest BCUT2D eigenvalue weighted by Crippen LogP contribution is -2.24. The second-order valence-corrected chi connectivity index (χ2v) is 5.38. The predicted octanol–water partition coefficient (Wildman–Crippen LogP) is 2.92. The fourth-order valence-electron chi connectivity index (χ4n) is 1.87. The first-order valence-electron chi connectivity index (χ1n) is 6.11. The number of nitrogens with one attached hydrogen (secondary N) is 1. The van der Waals surface area contributed by atoms with Gasteiger partial charge in [0.05, 0.1) is 13.5 Å². The van der Waals surface area contributed by atoms with Crippen LogP contribution in [0.5, 0.6) is 5.75 Å². The van der Waals surface area contributed by atoms with Gasteiger partial charge in [0.15, 0.2) is 0 Å². The summed E-state index contributed by atoms with van der Waals surface area (Å²) in [6.07, 6.45) is 0.436. The number of rotatable bonds is 5. The monoisotopic (exact) mass is 275 g/mol. The molecule has 0 atom stereocenters. The molecule has 0 saturated carbocycles. The van der Waals surface area contributed by atoms with Gasteiger partial charge in [0, 0.05) is 17.0 Å². The molecule has 0 saturated heterocycles. The molecule has 0 aliphatic carbocycles. The first-order chi connectivity index (χ1) is 9.19. The Kier molecular flexibility index (Phi) is 4.58. The Hall–Kier alpha value is -1.81. The Labute approximate surface area is 117 Å². The lowest BCUT2D eigenvalue weighted by atomic mass is 10.1. The summed E-state index contributed by atoms with van der Waals surface area (Å²) < 4.78 is 5.29. The van der Waals surface area contributed by atoms with Crippen LogP contribution in [0.15, 0.2) is 35.7 Å². The minimum Gasteiger partial charge on any atom is -0.496 e. The van der Waals surface area contributed by atoms with Gasteiger partial charge in [0.1, 0.15) is 5.75 Å². The lowest BCUT2D eigenvalue weighted by molar-refractivity contribution is -0.120. The van der Waals surface area contributed by atoms with Crippen molar-refractivity contribution in [2.24, 2.45) is 0 Å². The Morgan fingerprint density at radius 1 is 1.37 bits per heavy atom. The van der Waals surface area contributed by atoms with Crippen LogP contribution in [-0.2, 0) is 17.8 Å². The molecule has 1 amide bonds. The van der Waals surface area contributed by atoms with Crippen molar-refractivity contribution in [1.29, 1.82) is 0 Å². The van der Waals surface area contributed by atoms with E-state index in [9.17, 15) is 4.79 Å². The van der Waals surface area contributed by atoms with E-state index in [4.69, 9.17) is 4.74 Å². The van der Waals surface area contributed by atoms with E-state index in [1.54, 1.807) is 18.4 Å². The van der Waals surface area contributed by atoms with Crippen LogP contribution in [-0.4, -0.2) is 13.0 Å². The highest BCUT2D eigenvalue weighted by molar-refractivity contribution is 7.10. The molecule has 100 valence electrons. The van der Waals surface area contributed by atoms with Crippen molar-refractivity contribution in [3.8, 4) is 5.75 Å². The van der Waals surface area contributed by atoms with Gasteiger partial charge in [-0.3, -0.25) is 4.79 Å². The molecule has 4 heteroatoms. The minimum absolute atomic E-state index is 0.0333. The topological polar surface area (TPSA) is 38.3 Å². The number of hydrogen-bond acceptors (Lipinski definition) is 3. The molecule has 0 spiro atoms. The van der Waals surface area contributed by atoms with Crippen molar-refractivity contribution in [2.75, 3.05) is 7.11 Å². The van der Waals surface area contributed by atoms with E-state index < -0.39 is 0 Å². The zero-order chi connectivity index (χ0) is 13.7. The van der Waals surface area contributed by atoms with Crippen LogP contribution >= 0.6 is 11.3 Å². The average Bonchev–Trinajstić information content (AvgIpc) is 2.89. The Bertz CT molecular complexity index is 549. The largest absolute Gasteiger partial charge is 0.496 e. The van der Waals surface area contributed by atoms with Gasteiger partial charge in [-0.15, -0.1) is 11.3 Å². The van der Waals surface area contributed by atoms with E-state index in [-0.39, 0.29) is 5.91 Å². The molecule has 0 fully saturated rings. The molecule has 2 rings (SSSR count). The predicted molar refractivity (Wildman–Crippen MR) is 77.6 cm³/mol. The van der Waals surface area contributed by atoms with Crippen LogP contribution in [0.25, 0.3) is 0 Å². The maximum absolute atomic E-state index is 11.8. The van der Waals surface area contributed by atoms with Crippen LogP contribution in [0, 0.1) is 6.92 Å². The Balaban J connectivity index is 1.94. The fourth-order valence-corrected chi connectivity index (χ4v) is 2.58. The second kappa shape index (κ2) is 6.38. The smallest absolute Gasteiger partial charge is 0.225 e. The van der Waals surface area contributed by atoms with Gasteiger partial charge in [0.25, 0.3) is 0 Å². The molecule has 1 heterocycles. The maximum atomic E-state index is 11.8. The van der Waals surface area contributed by atoms with Gasteiger partial charge in [-0.25, -0.2) is 0 Å². The standard InChI is InChI=1S/C15H17NO2S/c1-11-5-6-14(18-2)12(8-11)10-16-15(17)9-13-4-3-7-19-13/h3-8H,9-10H2,1-2H3,(H,16,17).